The van der Waals surface area contributed by atoms with E-state index in [1.54, 1.807) is 37.3 Å². The number of nitro benzene ring substituents is 1. The van der Waals surface area contributed by atoms with Crippen LogP contribution in [0.2, 0.25) is 0 Å². The number of carbonyl (C=O) groups excluding carboxylic acids is 1. The van der Waals surface area contributed by atoms with Crippen LogP contribution in [0.25, 0.3) is 0 Å². The third-order valence-electron chi connectivity index (χ3n) is 2.71. The van der Waals surface area contributed by atoms with E-state index in [-0.39, 0.29) is 11.7 Å². The maximum Gasteiger partial charge on any atom is 0.338 e. The Morgan fingerprint density at radius 3 is 2.55 bits per heavy atom. The number of hydrogen-bond donors (Lipinski definition) is 0. The van der Waals surface area contributed by atoms with Crippen LogP contribution in [0.4, 0.5) is 5.69 Å². The molecule has 0 bridgehead atoms. The molecule has 0 unspecified atom stereocenters. The Bertz CT molecular complexity index is 703. The number of esters is 1. The SMILES string of the molecule is CCOC(=O)c1ccc(Sc2ccc(I)cc2[N+](=O)[O-])cc1. The second-order valence-corrected chi connectivity index (χ2v) is 6.58. The highest BCUT2D eigenvalue weighted by atomic mass is 127. The molecule has 2 rings (SSSR count). The van der Waals surface area contributed by atoms with Gasteiger partial charge in [-0.05, 0) is 65.9 Å². The van der Waals surface area contributed by atoms with Crippen molar-refractivity contribution < 1.29 is 14.5 Å². The van der Waals surface area contributed by atoms with Crippen LogP contribution in [0.1, 0.15) is 17.3 Å². The van der Waals surface area contributed by atoms with Crippen molar-refractivity contribution >= 4 is 46.0 Å². The lowest BCUT2D eigenvalue weighted by Gasteiger charge is -2.05. The van der Waals surface area contributed by atoms with Gasteiger partial charge in [-0.1, -0.05) is 11.8 Å². The molecule has 0 amide bonds. The first-order valence-corrected chi connectivity index (χ1v) is 8.29. The van der Waals surface area contributed by atoms with Crippen LogP contribution in [0.15, 0.2) is 52.3 Å². The molecule has 0 fully saturated rings. The molecule has 2 aromatic carbocycles. The van der Waals surface area contributed by atoms with E-state index >= 15 is 0 Å². The van der Waals surface area contributed by atoms with E-state index < -0.39 is 4.92 Å². The van der Waals surface area contributed by atoms with Gasteiger partial charge in [0.15, 0.2) is 0 Å². The van der Waals surface area contributed by atoms with Crippen molar-refractivity contribution in [3.05, 3.63) is 61.7 Å². The van der Waals surface area contributed by atoms with E-state index in [0.717, 1.165) is 8.47 Å². The van der Waals surface area contributed by atoms with Crippen molar-refractivity contribution in [2.24, 2.45) is 0 Å². The molecule has 2 aromatic rings. The summed E-state index contributed by atoms with van der Waals surface area (Å²) in [4.78, 5) is 23.7. The maximum atomic E-state index is 11.6. The van der Waals surface area contributed by atoms with Gasteiger partial charge in [-0.25, -0.2) is 4.79 Å². The van der Waals surface area contributed by atoms with Gasteiger partial charge in [0.05, 0.1) is 22.0 Å². The van der Waals surface area contributed by atoms with E-state index in [4.69, 9.17) is 4.74 Å². The standard InChI is InChI=1S/C15H12INO4S/c1-2-21-15(18)10-3-6-12(7-4-10)22-14-8-5-11(16)9-13(14)17(19)20/h3-9H,2H2,1H3. The molecule has 0 aliphatic rings. The Balaban J connectivity index is 2.21. The lowest BCUT2D eigenvalue weighted by atomic mass is 10.2. The van der Waals surface area contributed by atoms with Crippen LogP contribution < -0.4 is 0 Å². The predicted octanol–water partition coefficient (Wildman–Crippen LogP) is 4.53. The van der Waals surface area contributed by atoms with Crippen molar-refractivity contribution in [2.45, 2.75) is 16.7 Å². The summed E-state index contributed by atoms with van der Waals surface area (Å²) in [6.45, 7) is 2.07. The van der Waals surface area contributed by atoms with Gasteiger partial charge in [0.1, 0.15) is 0 Å². The molecule has 7 heteroatoms. The van der Waals surface area contributed by atoms with Gasteiger partial charge in [-0.2, -0.15) is 0 Å². The fourth-order valence-corrected chi connectivity index (χ4v) is 3.09. The van der Waals surface area contributed by atoms with E-state index in [1.165, 1.54) is 17.8 Å². The van der Waals surface area contributed by atoms with Crippen LogP contribution >= 0.6 is 34.4 Å². The van der Waals surface area contributed by atoms with Crippen molar-refractivity contribution in [2.75, 3.05) is 6.61 Å². The predicted molar refractivity (Wildman–Crippen MR) is 92.3 cm³/mol. The number of hydrogen-bond acceptors (Lipinski definition) is 5. The number of halogens is 1. The molecule has 0 aromatic heterocycles. The van der Waals surface area contributed by atoms with Gasteiger partial charge in [0.2, 0.25) is 0 Å². The number of nitro groups is 1. The Morgan fingerprint density at radius 1 is 1.27 bits per heavy atom. The third kappa shape index (κ3) is 4.20. The Morgan fingerprint density at radius 2 is 1.95 bits per heavy atom. The first-order valence-electron chi connectivity index (χ1n) is 6.40. The summed E-state index contributed by atoms with van der Waals surface area (Å²) in [7, 11) is 0. The molecule has 114 valence electrons. The average molecular weight is 429 g/mol. The van der Waals surface area contributed by atoms with Crippen molar-refractivity contribution in [1.29, 1.82) is 0 Å². The molecule has 0 saturated carbocycles. The van der Waals surface area contributed by atoms with Crippen LogP contribution in [-0.4, -0.2) is 17.5 Å². The van der Waals surface area contributed by atoms with Crippen LogP contribution in [0.5, 0.6) is 0 Å². The zero-order valence-electron chi connectivity index (χ0n) is 11.6. The van der Waals surface area contributed by atoms with Crippen molar-refractivity contribution in [1.82, 2.24) is 0 Å². The van der Waals surface area contributed by atoms with Gasteiger partial charge < -0.3 is 4.74 Å². The molecule has 22 heavy (non-hydrogen) atoms. The van der Waals surface area contributed by atoms with Gasteiger partial charge in [0, 0.05) is 14.5 Å². The van der Waals surface area contributed by atoms with Crippen molar-refractivity contribution in [3.8, 4) is 0 Å². The molecule has 0 radical (unpaired) electrons. The van der Waals surface area contributed by atoms with Gasteiger partial charge >= 0.3 is 5.97 Å². The summed E-state index contributed by atoms with van der Waals surface area (Å²) in [6, 6.07) is 11.9. The Labute approximate surface area is 145 Å². The van der Waals surface area contributed by atoms with E-state index in [1.807, 2.05) is 28.7 Å². The number of ether oxygens (including phenoxy) is 1. The second kappa shape index (κ2) is 7.59. The van der Waals surface area contributed by atoms with E-state index in [2.05, 4.69) is 0 Å². The van der Waals surface area contributed by atoms with E-state index in [9.17, 15) is 14.9 Å². The zero-order chi connectivity index (χ0) is 16.1. The lowest BCUT2D eigenvalue weighted by Crippen LogP contribution is -2.03. The summed E-state index contributed by atoms with van der Waals surface area (Å²) < 4.78 is 5.73. The maximum absolute atomic E-state index is 11.6. The fourth-order valence-electron chi connectivity index (χ4n) is 1.72. The average Bonchev–Trinajstić information content (AvgIpc) is 2.50. The molecule has 0 heterocycles. The smallest absolute Gasteiger partial charge is 0.338 e. The van der Waals surface area contributed by atoms with Gasteiger partial charge in [-0.15, -0.1) is 0 Å². The monoisotopic (exact) mass is 429 g/mol. The zero-order valence-corrected chi connectivity index (χ0v) is 14.6. The minimum Gasteiger partial charge on any atom is -0.462 e. The van der Waals surface area contributed by atoms with Crippen LogP contribution in [0, 0.1) is 13.7 Å². The van der Waals surface area contributed by atoms with Crippen LogP contribution in [-0.2, 0) is 4.74 Å². The quantitative estimate of drug-likeness (QED) is 0.303. The van der Waals surface area contributed by atoms with Gasteiger partial charge in [0.25, 0.3) is 5.69 Å². The lowest BCUT2D eigenvalue weighted by molar-refractivity contribution is -0.387. The molecular weight excluding hydrogens is 417 g/mol. The topological polar surface area (TPSA) is 69.4 Å². The normalized spacial score (nSPS) is 10.3. The summed E-state index contributed by atoms with van der Waals surface area (Å²) >= 11 is 3.33. The van der Waals surface area contributed by atoms with Crippen LogP contribution in [0.3, 0.4) is 0 Å². The largest absolute Gasteiger partial charge is 0.462 e. The van der Waals surface area contributed by atoms with Crippen molar-refractivity contribution in [3.63, 3.8) is 0 Å². The minimum atomic E-state index is -0.391. The van der Waals surface area contributed by atoms with E-state index in [0.29, 0.717) is 17.1 Å². The molecule has 0 N–H and O–H groups in total. The summed E-state index contributed by atoms with van der Waals surface area (Å²) in [6.07, 6.45) is 0. The minimum absolute atomic E-state index is 0.0753. The number of rotatable bonds is 5. The first-order chi connectivity index (χ1) is 10.5. The Kier molecular flexibility index (Phi) is 5.78. The number of benzene rings is 2. The molecule has 0 aliphatic heterocycles. The van der Waals surface area contributed by atoms with Gasteiger partial charge in [-0.3, -0.25) is 10.1 Å². The highest BCUT2D eigenvalue weighted by Gasteiger charge is 2.15. The summed E-state index contributed by atoms with van der Waals surface area (Å²) in [5.41, 5.74) is 0.537. The number of nitrogens with zero attached hydrogens (tertiary/aromatic N) is 1. The molecule has 0 spiro atoms. The fraction of sp³-hybridized carbons (Fsp3) is 0.133. The first kappa shape index (κ1) is 16.8. The molecule has 0 aliphatic carbocycles. The highest BCUT2D eigenvalue weighted by Crippen LogP contribution is 2.35. The Hall–Kier alpha value is -1.61. The number of carbonyl (C=O) groups is 1. The third-order valence-corrected chi connectivity index (χ3v) is 4.45. The summed E-state index contributed by atoms with van der Waals surface area (Å²) in [5, 5.41) is 11.1. The molecule has 0 saturated heterocycles. The molecule has 5 nitrogen and oxygen atoms in total. The molecular formula is C15H12INO4S. The highest BCUT2D eigenvalue weighted by molar-refractivity contribution is 14.1. The summed E-state index contributed by atoms with van der Waals surface area (Å²) in [5.74, 6) is -0.376. The second-order valence-electron chi connectivity index (χ2n) is 4.22. The molecule has 0 atom stereocenters.